The van der Waals surface area contributed by atoms with E-state index in [9.17, 15) is 0 Å². The quantitative estimate of drug-likeness (QED) is 0.820. The summed E-state index contributed by atoms with van der Waals surface area (Å²) in [4.78, 5) is 0. The molecular formula is C18H33NO. The first-order valence-electron chi connectivity index (χ1n) is 8.44. The molecule has 2 nitrogen and oxygen atoms in total. The zero-order chi connectivity index (χ0) is 15.0. The Kier molecular flexibility index (Phi) is 2.98. The van der Waals surface area contributed by atoms with Crippen LogP contribution in [0.25, 0.3) is 0 Å². The third-order valence-corrected chi connectivity index (χ3v) is 7.27. The summed E-state index contributed by atoms with van der Waals surface area (Å²) in [5.41, 5.74) is 0.908. The molecule has 0 amide bonds. The number of fused-ring (bicyclic) bond motifs is 2. The van der Waals surface area contributed by atoms with E-state index in [4.69, 9.17) is 4.74 Å². The second-order valence-corrected chi connectivity index (χ2v) is 9.55. The van der Waals surface area contributed by atoms with Gasteiger partial charge < -0.3 is 10.1 Å². The molecule has 1 N–H and O–H groups in total. The van der Waals surface area contributed by atoms with Crippen LogP contribution in [0.1, 0.15) is 74.1 Å². The Hall–Kier alpha value is -0.0800. The van der Waals surface area contributed by atoms with Crippen molar-refractivity contribution in [1.82, 2.24) is 5.32 Å². The minimum Gasteiger partial charge on any atom is -0.368 e. The fraction of sp³-hybridized carbons (Fsp3) is 1.00. The van der Waals surface area contributed by atoms with Crippen molar-refractivity contribution in [3.8, 4) is 0 Å². The average Bonchev–Trinajstić information content (AvgIpc) is 2.68. The fourth-order valence-corrected chi connectivity index (χ4v) is 5.52. The van der Waals surface area contributed by atoms with Crippen LogP contribution >= 0.6 is 0 Å². The van der Waals surface area contributed by atoms with Crippen LogP contribution < -0.4 is 5.32 Å². The van der Waals surface area contributed by atoms with E-state index in [1.807, 2.05) is 0 Å². The molecule has 20 heavy (non-hydrogen) atoms. The van der Waals surface area contributed by atoms with E-state index in [2.05, 4.69) is 53.8 Å². The lowest BCUT2D eigenvalue weighted by atomic mass is 9.69. The highest BCUT2D eigenvalue weighted by atomic mass is 16.5. The van der Waals surface area contributed by atoms with Gasteiger partial charge in [0.1, 0.15) is 0 Å². The summed E-state index contributed by atoms with van der Waals surface area (Å²) < 4.78 is 6.26. The van der Waals surface area contributed by atoms with Crippen molar-refractivity contribution < 1.29 is 4.74 Å². The molecule has 1 saturated heterocycles. The SMILES string of the molecule is CC1(C)CC(NC2CC3CCC2(C)C3(C)C)C(C)(C)O1. The van der Waals surface area contributed by atoms with Crippen molar-refractivity contribution in [1.29, 1.82) is 0 Å². The lowest BCUT2D eigenvalue weighted by Gasteiger charge is -2.42. The van der Waals surface area contributed by atoms with Gasteiger partial charge in [-0.3, -0.25) is 0 Å². The molecule has 3 fully saturated rings. The molecular weight excluding hydrogens is 246 g/mol. The van der Waals surface area contributed by atoms with Crippen molar-refractivity contribution in [3.63, 3.8) is 0 Å². The van der Waals surface area contributed by atoms with Crippen LogP contribution in [0.15, 0.2) is 0 Å². The van der Waals surface area contributed by atoms with Gasteiger partial charge in [0.25, 0.3) is 0 Å². The molecule has 2 bridgehead atoms. The zero-order valence-electron chi connectivity index (χ0n) is 14.5. The van der Waals surface area contributed by atoms with Crippen LogP contribution in [0.4, 0.5) is 0 Å². The van der Waals surface area contributed by atoms with Crippen molar-refractivity contribution >= 4 is 0 Å². The van der Waals surface area contributed by atoms with E-state index in [-0.39, 0.29) is 11.2 Å². The van der Waals surface area contributed by atoms with Gasteiger partial charge in [-0.2, -0.15) is 0 Å². The molecule has 0 radical (unpaired) electrons. The number of ether oxygens (including phenoxy) is 1. The van der Waals surface area contributed by atoms with E-state index in [1.54, 1.807) is 0 Å². The molecule has 2 heteroatoms. The summed E-state index contributed by atoms with van der Waals surface area (Å²) in [6.07, 6.45) is 5.30. The third kappa shape index (κ3) is 1.90. The monoisotopic (exact) mass is 279 g/mol. The number of rotatable bonds is 2. The smallest absolute Gasteiger partial charge is 0.0787 e. The van der Waals surface area contributed by atoms with E-state index >= 15 is 0 Å². The van der Waals surface area contributed by atoms with Gasteiger partial charge >= 0.3 is 0 Å². The van der Waals surface area contributed by atoms with Crippen LogP contribution in [0.3, 0.4) is 0 Å². The first-order valence-corrected chi connectivity index (χ1v) is 8.44. The first kappa shape index (κ1) is 14.8. The van der Waals surface area contributed by atoms with Gasteiger partial charge in [-0.15, -0.1) is 0 Å². The van der Waals surface area contributed by atoms with E-state index in [1.165, 1.54) is 19.3 Å². The lowest BCUT2D eigenvalue weighted by Crippen LogP contribution is -2.53. The predicted molar refractivity (Wildman–Crippen MR) is 83.8 cm³/mol. The molecule has 3 aliphatic rings. The summed E-state index contributed by atoms with van der Waals surface area (Å²) in [6, 6.07) is 1.15. The minimum atomic E-state index is -0.0498. The number of hydrogen-bond acceptors (Lipinski definition) is 2. The standard InChI is InChI=1S/C18H33NO/c1-15(2)11-14(17(5,6)20-15)19-13-10-12-8-9-18(13,7)16(12,3)4/h12-14,19H,8-11H2,1-7H3. The Morgan fingerprint density at radius 3 is 2.00 bits per heavy atom. The van der Waals surface area contributed by atoms with Gasteiger partial charge in [0, 0.05) is 12.1 Å². The maximum Gasteiger partial charge on any atom is 0.0787 e. The summed E-state index contributed by atoms with van der Waals surface area (Å²) in [7, 11) is 0. The summed E-state index contributed by atoms with van der Waals surface area (Å²) in [5.74, 6) is 0.906. The highest BCUT2D eigenvalue weighted by Gasteiger charge is 2.62. The maximum absolute atomic E-state index is 6.26. The molecule has 1 aliphatic heterocycles. The third-order valence-electron chi connectivity index (χ3n) is 7.27. The second-order valence-electron chi connectivity index (χ2n) is 9.55. The van der Waals surface area contributed by atoms with Crippen LogP contribution in [-0.2, 0) is 4.74 Å². The van der Waals surface area contributed by atoms with Crippen LogP contribution in [0, 0.1) is 16.7 Å². The predicted octanol–water partition coefficient (Wildman–Crippen LogP) is 4.14. The highest BCUT2D eigenvalue weighted by molar-refractivity contribution is 5.14. The number of hydrogen-bond donors (Lipinski definition) is 1. The molecule has 4 atom stereocenters. The molecule has 3 rings (SSSR count). The van der Waals surface area contributed by atoms with Crippen LogP contribution in [0.5, 0.6) is 0 Å². The normalized spacial score (nSPS) is 47.9. The maximum atomic E-state index is 6.26. The van der Waals surface area contributed by atoms with Gasteiger partial charge in [0.15, 0.2) is 0 Å². The molecule has 1 heterocycles. The molecule has 0 spiro atoms. The Bertz CT molecular complexity index is 412. The molecule has 2 saturated carbocycles. The average molecular weight is 279 g/mol. The topological polar surface area (TPSA) is 21.3 Å². The van der Waals surface area contributed by atoms with Crippen molar-refractivity contribution in [2.24, 2.45) is 16.7 Å². The number of nitrogens with one attached hydrogen (secondary N) is 1. The van der Waals surface area contributed by atoms with Crippen molar-refractivity contribution in [2.45, 2.75) is 97.4 Å². The Morgan fingerprint density at radius 2 is 1.60 bits per heavy atom. The van der Waals surface area contributed by atoms with Gasteiger partial charge in [0.2, 0.25) is 0 Å². The minimum absolute atomic E-state index is 0.00914. The lowest BCUT2D eigenvalue weighted by molar-refractivity contribution is -0.0716. The van der Waals surface area contributed by atoms with Gasteiger partial charge in [-0.05, 0) is 70.1 Å². The second kappa shape index (κ2) is 4.01. The molecule has 2 aliphatic carbocycles. The fourth-order valence-electron chi connectivity index (χ4n) is 5.52. The van der Waals surface area contributed by atoms with Gasteiger partial charge in [-0.1, -0.05) is 20.8 Å². The summed E-state index contributed by atoms with van der Waals surface area (Å²) in [6.45, 7) is 16.5. The van der Waals surface area contributed by atoms with Crippen molar-refractivity contribution in [3.05, 3.63) is 0 Å². The van der Waals surface area contributed by atoms with E-state index in [0.29, 0.717) is 22.9 Å². The van der Waals surface area contributed by atoms with Crippen LogP contribution in [-0.4, -0.2) is 23.3 Å². The molecule has 116 valence electrons. The van der Waals surface area contributed by atoms with Crippen molar-refractivity contribution in [2.75, 3.05) is 0 Å². The summed E-state index contributed by atoms with van der Waals surface area (Å²) >= 11 is 0. The molecule has 0 aromatic heterocycles. The molecule has 0 aromatic rings. The Morgan fingerprint density at radius 1 is 0.950 bits per heavy atom. The van der Waals surface area contributed by atoms with Gasteiger partial charge in [0.05, 0.1) is 11.2 Å². The Balaban J connectivity index is 1.77. The Labute approximate surface area is 125 Å². The summed E-state index contributed by atoms with van der Waals surface area (Å²) in [5, 5.41) is 4.03. The molecule has 0 aromatic carbocycles. The van der Waals surface area contributed by atoms with Crippen LogP contribution in [0.2, 0.25) is 0 Å². The van der Waals surface area contributed by atoms with Gasteiger partial charge in [-0.25, -0.2) is 0 Å². The van der Waals surface area contributed by atoms with E-state index in [0.717, 1.165) is 12.3 Å². The van der Waals surface area contributed by atoms with E-state index < -0.39 is 0 Å². The largest absolute Gasteiger partial charge is 0.368 e. The first-order chi connectivity index (χ1) is 8.98. The zero-order valence-corrected chi connectivity index (χ0v) is 14.5. The highest BCUT2D eigenvalue weighted by Crippen LogP contribution is 2.65. The molecule has 4 unspecified atom stereocenters.